The normalized spacial score (nSPS) is 38.3. The molecule has 72 valence electrons. The van der Waals surface area contributed by atoms with E-state index in [-0.39, 0.29) is 0 Å². The van der Waals surface area contributed by atoms with Gasteiger partial charge in [0, 0.05) is 11.8 Å². The molecule has 0 aromatic heterocycles. The van der Waals surface area contributed by atoms with E-state index in [1.165, 1.54) is 43.0 Å². The van der Waals surface area contributed by atoms with Crippen molar-refractivity contribution in [2.75, 3.05) is 5.75 Å². The van der Waals surface area contributed by atoms with Crippen LogP contribution in [0.3, 0.4) is 0 Å². The van der Waals surface area contributed by atoms with E-state index in [2.05, 4.69) is 5.32 Å². The van der Waals surface area contributed by atoms with Gasteiger partial charge in [0.15, 0.2) is 5.17 Å². The van der Waals surface area contributed by atoms with Gasteiger partial charge in [-0.1, -0.05) is 18.2 Å². The molecule has 3 aliphatic rings. The van der Waals surface area contributed by atoms with Crippen LogP contribution in [0, 0.1) is 5.92 Å². The van der Waals surface area contributed by atoms with E-state index in [1.807, 2.05) is 11.8 Å². The highest BCUT2D eigenvalue weighted by molar-refractivity contribution is 8.13. The Balaban J connectivity index is 1.67. The molecule has 2 unspecified atom stereocenters. The van der Waals surface area contributed by atoms with Crippen molar-refractivity contribution in [3.63, 3.8) is 0 Å². The highest BCUT2D eigenvalue weighted by Crippen LogP contribution is 2.35. The highest BCUT2D eigenvalue weighted by Gasteiger charge is 2.32. The molecule has 0 bridgehead atoms. The lowest BCUT2D eigenvalue weighted by atomic mass is 10.1. The topological polar surface area (TPSA) is 24.4 Å². The zero-order valence-corrected chi connectivity index (χ0v) is 8.65. The van der Waals surface area contributed by atoms with Crippen LogP contribution in [-0.4, -0.2) is 23.0 Å². The van der Waals surface area contributed by atoms with Gasteiger partial charge >= 0.3 is 0 Å². The number of aliphatic imine (C=N–C) groups is 1. The van der Waals surface area contributed by atoms with Gasteiger partial charge in [0.2, 0.25) is 0 Å². The van der Waals surface area contributed by atoms with Gasteiger partial charge in [-0.2, -0.15) is 0 Å². The number of fused-ring (bicyclic) bond motifs is 1. The van der Waals surface area contributed by atoms with Crippen molar-refractivity contribution in [2.24, 2.45) is 10.9 Å². The molecule has 2 atom stereocenters. The van der Waals surface area contributed by atoms with Crippen molar-refractivity contribution in [1.82, 2.24) is 5.32 Å². The lowest BCUT2D eigenvalue weighted by Crippen LogP contribution is -2.31. The maximum Gasteiger partial charge on any atom is 0.157 e. The van der Waals surface area contributed by atoms with Gasteiger partial charge < -0.3 is 5.32 Å². The van der Waals surface area contributed by atoms with Crippen molar-refractivity contribution in [3.8, 4) is 0 Å². The molecule has 13 heavy (non-hydrogen) atoms. The maximum atomic E-state index is 4.79. The SMILES string of the molecule is C1CC2CSC(NC3CC3)=NC2C1. The van der Waals surface area contributed by atoms with Crippen molar-refractivity contribution in [1.29, 1.82) is 0 Å². The number of hydrogen-bond acceptors (Lipinski definition) is 3. The number of rotatable bonds is 1. The number of thioether (sulfide) groups is 1. The molecular formula is C10H16N2S. The third-order valence-corrected chi connectivity index (χ3v) is 4.33. The molecule has 1 heterocycles. The van der Waals surface area contributed by atoms with Gasteiger partial charge in [0.1, 0.15) is 0 Å². The molecule has 0 saturated heterocycles. The minimum atomic E-state index is 0.669. The minimum Gasteiger partial charge on any atom is -0.362 e. The average molecular weight is 196 g/mol. The van der Waals surface area contributed by atoms with E-state index < -0.39 is 0 Å². The smallest absolute Gasteiger partial charge is 0.157 e. The average Bonchev–Trinajstić information content (AvgIpc) is 2.83. The molecule has 0 amide bonds. The van der Waals surface area contributed by atoms with Crippen LogP contribution in [0.2, 0.25) is 0 Å². The predicted molar refractivity (Wildman–Crippen MR) is 57.2 cm³/mol. The summed E-state index contributed by atoms with van der Waals surface area (Å²) in [6.07, 6.45) is 6.86. The van der Waals surface area contributed by atoms with Crippen LogP contribution in [0.4, 0.5) is 0 Å². The second kappa shape index (κ2) is 3.19. The summed E-state index contributed by atoms with van der Waals surface area (Å²) in [4.78, 5) is 4.79. The Labute approximate surface area is 83.6 Å². The van der Waals surface area contributed by atoms with Gasteiger partial charge in [-0.05, 0) is 31.6 Å². The molecule has 0 aromatic rings. The standard InChI is InChI=1S/C10H16N2S/c1-2-7-6-13-10(11-8-4-5-8)12-9(7)3-1/h7-9H,1-6H2,(H,11,12). The van der Waals surface area contributed by atoms with Crippen molar-refractivity contribution in [2.45, 2.75) is 44.2 Å². The fourth-order valence-electron chi connectivity index (χ4n) is 2.24. The Hall–Kier alpha value is -0.180. The zero-order chi connectivity index (χ0) is 8.67. The second-order valence-corrected chi connectivity index (χ2v) is 5.43. The number of hydrogen-bond donors (Lipinski definition) is 1. The molecule has 0 aromatic carbocycles. The molecule has 2 saturated carbocycles. The summed E-state index contributed by atoms with van der Waals surface area (Å²) in [7, 11) is 0. The molecular weight excluding hydrogens is 180 g/mol. The second-order valence-electron chi connectivity index (χ2n) is 4.42. The van der Waals surface area contributed by atoms with Crippen LogP contribution in [0.5, 0.6) is 0 Å². The van der Waals surface area contributed by atoms with E-state index in [4.69, 9.17) is 4.99 Å². The third kappa shape index (κ3) is 1.71. The summed E-state index contributed by atoms with van der Waals surface area (Å²) in [5.41, 5.74) is 0. The van der Waals surface area contributed by atoms with Crippen LogP contribution < -0.4 is 5.32 Å². The first-order chi connectivity index (χ1) is 6.42. The highest BCUT2D eigenvalue weighted by atomic mass is 32.2. The molecule has 3 rings (SSSR count). The van der Waals surface area contributed by atoms with E-state index >= 15 is 0 Å². The quantitative estimate of drug-likeness (QED) is 0.694. The minimum absolute atomic E-state index is 0.669. The number of nitrogens with one attached hydrogen (secondary N) is 1. The van der Waals surface area contributed by atoms with Crippen LogP contribution in [0.1, 0.15) is 32.1 Å². The summed E-state index contributed by atoms with van der Waals surface area (Å²) >= 11 is 1.95. The lowest BCUT2D eigenvalue weighted by molar-refractivity contribution is 0.533. The van der Waals surface area contributed by atoms with E-state index in [1.54, 1.807) is 0 Å². The van der Waals surface area contributed by atoms with Gasteiger partial charge in [-0.25, -0.2) is 0 Å². The van der Waals surface area contributed by atoms with Crippen LogP contribution >= 0.6 is 11.8 Å². The molecule has 2 fully saturated rings. The van der Waals surface area contributed by atoms with Gasteiger partial charge in [-0.15, -0.1) is 0 Å². The fourth-order valence-corrected chi connectivity index (χ4v) is 3.46. The molecule has 0 spiro atoms. The first-order valence-corrected chi connectivity index (χ1v) is 6.37. The van der Waals surface area contributed by atoms with Crippen LogP contribution in [0.25, 0.3) is 0 Å². The monoisotopic (exact) mass is 196 g/mol. The Morgan fingerprint density at radius 1 is 1.23 bits per heavy atom. The first-order valence-electron chi connectivity index (χ1n) is 5.39. The maximum absolute atomic E-state index is 4.79. The largest absolute Gasteiger partial charge is 0.362 e. The number of nitrogens with zero attached hydrogens (tertiary/aromatic N) is 1. The molecule has 1 aliphatic heterocycles. The molecule has 1 N–H and O–H groups in total. The van der Waals surface area contributed by atoms with Gasteiger partial charge in [0.25, 0.3) is 0 Å². The van der Waals surface area contributed by atoms with Crippen LogP contribution in [0.15, 0.2) is 4.99 Å². The zero-order valence-electron chi connectivity index (χ0n) is 7.83. The Morgan fingerprint density at radius 3 is 3.00 bits per heavy atom. The van der Waals surface area contributed by atoms with Crippen LogP contribution in [-0.2, 0) is 0 Å². The van der Waals surface area contributed by atoms with E-state index in [0.717, 1.165) is 12.0 Å². The summed E-state index contributed by atoms with van der Waals surface area (Å²) in [6.45, 7) is 0. The summed E-state index contributed by atoms with van der Waals surface area (Å²) in [6, 6.07) is 1.44. The first kappa shape index (κ1) is 8.16. The van der Waals surface area contributed by atoms with Crippen molar-refractivity contribution < 1.29 is 0 Å². The lowest BCUT2D eigenvalue weighted by Gasteiger charge is -2.23. The van der Waals surface area contributed by atoms with Crippen molar-refractivity contribution >= 4 is 16.9 Å². The molecule has 2 nitrogen and oxygen atoms in total. The Kier molecular flexibility index (Phi) is 2.00. The summed E-state index contributed by atoms with van der Waals surface area (Å²) < 4.78 is 0. The Morgan fingerprint density at radius 2 is 2.15 bits per heavy atom. The third-order valence-electron chi connectivity index (χ3n) is 3.24. The molecule has 3 heteroatoms. The predicted octanol–water partition coefficient (Wildman–Crippen LogP) is 2.01. The molecule has 0 radical (unpaired) electrons. The van der Waals surface area contributed by atoms with E-state index in [9.17, 15) is 0 Å². The summed E-state index contributed by atoms with van der Waals surface area (Å²) in [5.74, 6) is 2.21. The number of amidine groups is 1. The fraction of sp³-hybridized carbons (Fsp3) is 0.900. The summed E-state index contributed by atoms with van der Waals surface area (Å²) in [5, 5.41) is 4.76. The van der Waals surface area contributed by atoms with Gasteiger partial charge in [0.05, 0.1) is 6.04 Å². The van der Waals surface area contributed by atoms with E-state index in [0.29, 0.717) is 6.04 Å². The molecule has 2 aliphatic carbocycles. The Bertz CT molecular complexity index is 235. The van der Waals surface area contributed by atoms with Gasteiger partial charge in [-0.3, -0.25) is 4.99 Å². The van der Waals surface area contributed by atoms with Crippen molar-refractivity contribution in [3.05, 3.63) is 0 Å².